The van der Waals surface area contributed by atoms with Gasteiger partial charge in [-0.15, -0.1) is 0 Å². The van der Waals surface area contributed by atoms with Crippen LogP contribution >= 0.6 is 0 Å². The number of nitrogens with one attached hydrogen (secondary N) is 1. The summed E-state index contributed by atoms with van der Waals surface area (Å²) in [7, 11) is 1.62. The summed E-state index contributed by atoms with van der Waals surface area (Å²) in [5, 5.41) is 3.05. The first-order chi connectivity index (χ1) is 13.2. The lowest BCUT2D eigenvalue weighted by molar-refractivity contribution is -0.132. The SMILES string of the molecule is COc1ccccc1CC(=O)N1CCC(NC(=O)COC2CCCC2)CC1. The van der Waals surface area contributed by atoms with Crippen molar-refractivity contribution in [3.8, 4) is 5.75 Å². The number of ether oxygens (including phenoxy) is 2. The Bertz CT molecular complexity index is 635. The van der Waals surface area contributed by atoms with E-state index >= 15 is 0 Å². The van der Waals surface area contributed by atoms with Crippen LogP contribution in [0.1, 0.15) is 44.1 Å². The molecule has 1 N–H and O–H groups in total. The van der Waals surface area contributed by atoms with Crippen molar-refractivity contribution in [1.82, 2.24) is 10.2 Å². The Morgan fingerprint density at radius 2 is 1.81 bits per heavy atom. The molecule has 1 aromatic rings. The summed E-state index contributed by atoms with van der Waals surface area (Å²) in [4.78, 5) is 26.5. The highest BCUT2D eigenvalue weighted by molar-refractivity contribution is 5.80. The van der Waals surface area contributed by atoms with Crippen LogP contribution in [-0.2, 0) is 20.7 Å². The van der Waals surface area contributed by atoms with E-state index in [9.17, 15) is 9.59 Å². The third kappa shape index (κ3) is 5.70. The van der Waals surface area contributed by atoms with E-state index in [4.69, 9.17) is 9.47 Å². The van der Waals surface area contributed by atoms with Crippen molar-refractivity contribution in [3.05, 3.63) is 29.8 Å². The van der Waals surface area contributed by atoms with Gasteiger partial charge in [-0.1, -0.05) is 31.0 Å². The molecule has 1 aliphatic heterocycles. The summed E-state index contributed by atoms with van der Waals surface area (Å²) < 4.78 is 11.0. The maximum absolute atomic E-state index is 12.6. The molecule has 0 atom stereocenters. The summed E-state index contributed by atoms with van der Waals surface area (Å²) in [6, 6.07) is 7.74. The molecule has 3 rings (SSSR count). The van der Waals surface area contributed by atoms with E-state index in [2.05, 4.69) is 5.32 Å². The molecule has 1 saturated carbocycles. The van der Waals surface area contributed by atoms with Crippen LogP contribution in [0.5, 0.6) is 5.75 Å². The molecule has 6 nitrogen and oxygen atoms in total. The normalized spacial score (nSPS) is 18.5. The van der Waals surface area contributed by atoms with E-state index in [1.165, 1.54) is 12.8 Å². The van der Waals surface area contributed by atoms with Gasteiger partial charge in [0.25, 0.3) is 0 Å². The maximum Gasteiger partial charge on any atom is 0.246 e. The van der Waals surface area contributed by atoms with Crippen LogP contribution in [0.2, 0.25) is 0 Å². The number of para-hydroxylation sites is 1. The van der Waals surface area contributed by atoms with Gasteiger partial charge < -0.3 is 19.7 Å². The molecule has 1 aliphatic carbocycles. The van der Waals surface area contributed by atoms with Gasteiger partial charge in [-0.3, -0.25) is 9.59 Å². The Kier molecular flexibility index (Phi) is 7.10. The highest BCUT2D eigenvalue weighted by Gasteiger charge is 2.25. The molecule has 6 heteroatoms. The molecule has 1 heterocycles. The Hall–Kier alpha value is -2.08. The van der Waals surface area contributed by atoms with E-state index in [-0.39, 0.29) is 30.6 Å². The van der Waals surface area contributed by atoms with Crippen molar-refractivity contribution in [2.24, 2.45) is 0 Å². The van der Waals surface area contributed by atoms with Crippen LogP contribution < -0.4 is 10.1 Å². The molecule has 0 bridgehead atoms. The minimum absolute atomic E-state index is 0.0410. The third-order valence-electron chi connectivity index (χ3n) is 5.50. The molecule has 2 fully saturated rings. The summed E-state index contributed by atoms with van der Waals surface area (Å²) >= 11 is 0. The third-order valence-corrected chi connectivity index (χ3v) is 5.50. The molecule has 0 unspecified atom stereocenters. The Morgan fingerprint density at radius 3 is 2.52 bits per heavy atom. The Labute approximate surface area is 161 Å². The summed E-state index contributed by atoms with van der Waals surface area (Å²) in [6.45, 7) is 1.49. The number of rotatable bonds is 7. The molecule has 2 amide bonds. The van der Waals surface area contributed by atoms with Gasteiger partial charge in [-0.05, 0) is 31.7 Å². The molecule has 2 aliphatic rings. The topological polar surface area (TPSA) is 67.9 Å². The van der Waals surface area contributed by atoms with Crippen molar-refractivity contribution in [2.45, 2.75) is 57.1 Å². The number of hydrogen-bond acceptors (Lipinski definition) is 4. The fraction of sp³-hybridized carbons (Fsp3) is 0.619. The molecular weight excluding hydrogens is 344 g/mol. The summed E-state index contributed by atoms with van der Waals surface area (Å²) in [6.07, 6.45) is 6.71. The number of nitrogens with zero attached hydrogens (tertiary/aromatic N) is 1. The second-order valence-electron chi connectivity index (χ2n) is 7.43. The van der Waals surface area contributed by atoms with Crippen molar-refractivity contribution in [2.75, 3.05) is 26.8 Å². The first-order valence-electron chi connectivity index (χ1n) is 9.96. The molecule has 0 spiro atoms. The average Bonchev–Trinajstić information content (AvgIpc) is 3.21. The standard InChI is InChI=1S/C21H30N2O4/c1-26-19-9-5-2-6-16(19)14-21(25)23-12-10-17(11-13-23)22-20(24)15-27-18-7-3-4-8-18/h2,5-6,9,17-18H,3-4,7-8,10-15H2,1H3,(H,22,24). The molecule has 0 radical (unpaired) electrons. The van der Waals surface area contributed by atoms with Crippen molar-refractivity contribution in [1.29, 1.82) is 0 Å². The van der Waals surface area contributed by atoms with Crippen molar-refractivity contribution in [3.63, 3.8) is 0 Å². The average molecular weight is 374 g/mol. The van der Waals surface area contributed by atoms with Gasteiger partial charge >= 0.3 is 0 Å². The first-order valence-corrected chi connectivity index (χ1v) is 9.96. The molecule has 1 aromatic carbocycles. The van der Waals surface area contributed by atoms with Crippen molar-refractivity contribution < 1.29 is 19.1 Å². The number of amides is 2. The summed E-state index contributed by atoms with van der Waals surface area (Å²) in [5.74, 6) is 0.810. The van der Waals surface area contributed by atoms with Gasteiger partial charge in [0.2, 0.25) is 11.8 Å². The Morgan fingerprint density at radius 1 is 1.11 bits per heavy atom. The largest absolute Gasteiger partial charge is 0.496 e. The number of carbonyl (C=O) groups is 2. The van der Waals surface area contributed by atoms with Gasteiger partial charge in [0.1, 0.15) is 12.4 Å². The van der Waals surface area contributed by atoms with Gasteiger partial charge in [-0.2, -0.15) is 0 Å². The molecule has 1 saturated heterocycles. The molecular formula is C21H30N2O4. The van der Waals surface area contributed by atoms with Crippen LogP contribution in [0.4, 0.5) is 0 Å². The van der Waals surface area contributed by atoms with Gasteiger partial charge in [0.15, 0.2) is 0 Å². The fourth-order valence-electron chi connectivity index (χ4n) is 3.91. The monoisotopic (exact) mass is 374 g/mol. The first kappa shape index (κ1) is 19.7. The summed E-state index contributed by atoms with van der Waals surface area (Å²) in [5.41, 5.74) is 0.907. The van der Waals surface area contributed by atoms with Gasteiger partial charge in [0, 0.05) is 24.7 Å². The maximum atomic E-state index is 12.6. The van der Waals surface area contributed by atoms with Crippen LogP contribution in [0.3, 0.4) is 0 Å². The van der Waals surface area contributed by atoms with Crippen LogP contribution in [0.25, 0.3) is 0 Å². The van der Waals surface area contributed by atoms with Crippen LogP contribution in [0, 0.1) is 0 Å². The lowest BCUT2D eigenvalue weighted by Gasteiger charge is -2.32. The zero-order valence-electron chi connectivity index (χ0n) is 16.1. The van der Waals surface area contributed by atoms with Gasteiger partial charge in [-0.25, -0.2) is 0 Å². The number of piperidine rings is 1. The van der Waals surface area contributed by atoms with E-state index in [0.29, 0.717) is 19.5 Å². The second-order valence-corrected chi connectivity index (χ2v) is 7.43. The molecule has 27 heavy (non-hydrogen) atoms. The van der Waals surface area contributed by atoms with E-state index in [1.54, 1.807) is 7.11 Å². The van der Waals surface area contributed by atoms with E-state index < -0.39 is 0 Å². The quantitative estimate of drug-likeness (QED) is 0.795. The zero-order valence-corrected chi connectivity index (χ0v) is 16.1. The predicted molar refractivity (Wildman–Crippen MR) is 103 cm³/mol. The van der Waals surface area contributed by atoms with Gasteiger partial charge in [0.05, 0.1) is 19.6 Å². The smallest absolute Gasteiger partial charge is 0.246 e. The number of carbonyl (C=O) groups excluding carboxylic acids is 2. The van der Waals surface area contributed by atoms with E-state index in [0.717, 1.165) is 37.0 Å². The zero-order chi connectivity index (χ0) is 19.1. The minimum Gasteiger partial charge on any atom is -0.496 e. The van der Waals surface area contributed by atoms with Crippen LogP contribution in [0.15, 0.2) is 24.3 Å². The lowest BCUT2D eigenvalue weighted by atomic mass is 10.0. The predicted octanol–water partition coefficient (Wildman–Crippen LogP) is 2.30. The van der Waals surface area contributed by atoms with Crippen LogP contribution in [-0.4, -0.2) is 55.7 Å². The highest BCUT2D eigenvalue weighted by atomic mass is 16.5. The number of benzene rings is 1. The molecule has 0 aromatic heterocycles. The molecule has 148 valence electrons. The van der Waals surface area contributed by atoms with E-state index in [1.807, 2.05) is 29.2 Å². The second kappa shape index (κ2) is 9.74. The number of likely N-dealkylation sites (tertiary alicyclic amines) is 1. The minimum atomic E-state index is -0.0410. The number of hydrogen-bond donors (Lipinski definition) is 1. The fourth-order valence-corrected chi connectivity index (χ4v) is 3.91. The van der Waals surface area contributed by atoms with Crippen molar-refractivity contribution >= 4 is 11.8 Å². The lowest BCUT2D eigenvalue weighted by Crippen LogP contribution is -2.47. The Balaban J connectivity index is 1.39. The highest BCUT2D eigenvalue weighted by Crippen LogP contribution is 2.21. The number of methoxy groups -OCH3 is 1.